The number of nitrogens with one attached hydrogen (secondary N) is 1. The van der Waals surface area contributed by atoms with Crippen LogP contribution in [-0.2, 0) is 4.79 Å². The summed E-state index contributed by atoms with van der Waals surface area (Å²) < 4.78 is 90.9. The Morgan fingerprint density at radius 1 is 1.33 bits per heavy atom. The molecule has 1 N–H and O–H groups in total. The van der Waals surface area contributed by atoms with Gasteiger partial charge in [0.05, 0.1) is 11.4 Å². The van der Waals surface area contributed by atoms with Crippen molar-refractivity contribution in [1.82, 2.24) is 20.6 Å². The third kappa shape index (κ3) is 6.19. The van der Waals surface area contributed by atoms with Crippen molar-refractivity contribution < 1.29 is 45.1 Å². The molecular formula is C18H17ClF6N4O4. The molecule has 0 bridgehead atoms. The second-order valence-corrected chi connectivity index (χ2v) is 7.45. The third-order valence-electron chi connectivity index (χ3n) is 4.52. The number of halogens is 7. The fraction of sp³-hybridized carbons (Fsp3) is 0.500. The van der Waals surface area contributed by atoms with E-state index in [1.54, 1.807) is 0 Å². The summed E-state index contributed by atoms with van der Waals surface area (Å²) >= 11 is 5.60. The number of alkyl halides is 5. The summed E-state index contributed by atoms with van der Waals surface area (Å²) in [6.45, 7) is 0.241. The maximum absolute atomic E-state index is 15.3. The lowest BCUT2D eigenvalue weighted by molar-refractivity contribution is -0.320. The number of carbonyl (C=O) groups is 1. The smallest absolute Gasteiger partial charge is 0.414 e. The number of piperidine rings is 1. The van der Waals surface area contributed by atoms with Crippen LogP contribution in [0, 0.1) is 5.82 Å². The Hall–Kier alpha value is -2.74. The van der Waals surface area contributed by atoms with Crippen LogP contribution in [0.15, 0.2) is 22.6 Å². The van der Waals surface area contributed by atoms with Gasteiger partial charge in [-0.1, -0.05) is 21.8 Å². The Kier molecular flexibility index (Phi) is 7.26. The van der Waals surface area contributed by atoms with Gasteiger partial charge in [-0.15, -0.1) is 5.10 Å². The van der Waals surface area contributed by atoms with E-state index in [4.69, 9.17) is 25.6 Å². The zero-order valence-electron chi connectivity index (χ0n) is 16.8. The van der Waals surface area contributed by atoms with Gasteiger partial charge >= 0.3 is 18.3 Å². The summed E-state index contributed by atoms with van der Waals surface area (Å²) in [6.07, 6.45) is -6.76. The Morgan fingerprint density at radius 2 is 2.06 bits per heavy atom. The average Bonchev–Trinajstić information content (AvgIpc) is 3.15. The van der Waals surface area contributed by atoms with Crippen LogP contribution in [0.1, 0.15) is 38.1 Å². The van der Waals surface area contributed by atoms with Crippen LogP contribution in [-0.4, -0.2) is 46.0 Å². The molecule has 0 radical (unpaired) electrons. The Balaban J connectivity index is 1.85. The summed E-state index contributed by atoms with van der Waals surface area (Å²) in [7, 11) is 0. The molecule has 15 heteroatoms. The molecular weight excluding hydrogens is 486 g/mol. The first-order valence-electron chi connectivity index (χ1n) is 9.47. The molecule has 1 aromatic carbocycles. The minimum atomic E-state index is -4.48. The van der Waals surface area contributed by atoms with E-state index in [-0.39, 0.29) is 28.7 Å². The van der Waals surface area contributed by atoms with Gasteiger partial charge in [0.25, 0.3) is 0 Å². The first-order valence-corrected chi connectivity index (χ1v) is 9.85. The molecule has 1 aliphatic heterocycles. The summed E-state index contributed by atoms with van der Waals surface area (Å²) in [4.78, 5) is 16.6. The monoisotopic (exact) mass is 502 g/mol. The highest BCUT2D eigenvalue weighted by Crippen LogP contribution is 2.43. The molecule has 1 amide bonds. The van der Waals surface area contributed by atoms with Crippen LogP contribution in [0.5, 0.6) is 11.8 Å². The van der Waals surface area contributed by atoms with E-state index in [0.717, 1.165) is 25.1 Å². The SMILES string of the molecule is CC(=O)N[C@H]1CC[C@H](c2nnc(OCCC(F)(F)F)o2)N(Oc2ccc(Cl)c(F)c2)C1(F)F. The van der Waals surface area contributed by atoms with Crippen LogP contribution >= 0.6 is 11.6 Å². The fourth-order valence-corrected chi connectivity index (χ4v) is 3.16. The Bertz CT molecular complexity index is 989. The zero-order chi connectivity index (χ0) is 24.4. The number of rotatable bonds is 7. The van der Waals surface area contributed by atoms with Crippen LogP contribution in [0.3, 0.4) is 0 Å². The summed E-state index contributed by atoms with van der Waals surface area (Å²) in [5.41, 5.74) is 0. The minimum absolute atomic E-state index is 0.0964. The van der Waals surface area contributed by atoms with Crippen LogP contribution in [0.4, 0.5) is 26.3 Å². The van der Waals surface area contributed by atoms with Gasteiger partial charge < -0.3 is 19.3 Å². The van der Waals surface area contributed by atoms with Gasteiger partial charge in [-0.2, -0.15) is 22.0 Å². The number of hydroxylamine groups is 2. The second kappa shape index (κ2) is 9.63. The van der Waals surface area contributed by atoms with Crippen molar-refractivity contribution in [2.24, 2.45) is 0 Å². The highest BCUT2D eigenvalue weighted by molar-refractivity contribution is 6.30. The van der Waals surface area contributed by atoms with E-state index in [9.17, 15) is 22.4 Å². The van der Waals surface area contributed by atoms with Crippen molar-refractivity contribution >= 4 is 17.5 Å². The molecule has 3 rings (SSSR count). The Morgan fingerprint density at radius 3 is 2.70 bits per heavy atom. The molecule has 0 unspecified atom stereocenters. The topological polar surface area (TPSA) is 89.7 Å². The standard InChI is InChI=1S/C18H17ClF6N4O4/c1-9(30)26-14-5-4-13(15-27-28-16(32-15)31-7-6-17(21,22)23)29(18(14,24)25)33-10-2-3-11(19)12(20)8-10/h2-3,8,13-14H,4-7H2,1H3,(H,26,30)/t13-,14+/m1/s1. The molecule has 0 spiro atoms. The van der Waals surface area contributed by atoms with E-state index >= 15 is 8.78 Å². The van der Waals surface area contributed by atoms with E-state index in [2.05, 4.69) is 15.5 Å². The lowest BCUT2D eigenvalue weighted by atomic mass is 9.97. The van der Waals surface area contributed by atoms with Gasteiger partial charge in [-0.05, 0) is 25.0 Å². The van der Waals surface area contributed by atoms with Crippen LogP contribution < -0.4 is 14.9 Å². The number of amides is 1. The molecule has 1 aliphatic rings. The largest absolute Gasteiger partial charge is 0.449 e. The number of aromatic nitrogens is 2. The molecule has 2 heterocycles. The minimum Gasteiger partial charge on any atom is -0.449 e. The summed E-state index contributed by atoms with van der Waals surface area (Å²) in [5, 5.41) is 9.00. The highest BCUT2D eigenvalue weighted by Gasteiger charge is 2.56. The molecule has 0 aliphatic carbocycles. The lowest BCUT2D eigenvalue weighted by Crippen LogP contribution is -2.61. The Labute approximate surface area is 187 Å². The van der Waals surface area contributed by atoms with Crippen molar-refractivity contribution in [2.75, 3.05) is 6.61 Å². The van der Waals surface area contributed by atoms with Gasteiger partial charge in [-0.25, -0.2) is 4.39 Å². The quantitative estimate of drug-likeness (QED) is 0.443. The molecule has 182 valence electrons. The predicted octanol–water partition coefficient (Wildman–Crippen LogP) is 4.42. The number of hydrogen-bond donors (Lipinski definition) is 1. The van der Waals surface area contributed by atoms with E-state index < -0.39 is 61.0 Å². The number of ether oxygens (including phenoxy) is 1. The van der Waals surface area contributed by atoms with Gasteiger partial charge in [0, 0.05) is 13.0 Å². The number of carbonyl (C=O) groups excluding carboxylic acids is 1. The number of nitrogens with zero attached hydrogens (tertiary/aromatic N) is 3. The summed E-state index contributed by atoms with van der Waals surface area (Å²) in [5.74, 6) is -2.42. The zero-order valence-corrected chi connectivity index (χ0v) is 17.6. The molecule has 2 aromatic rings. The van der Waals surface area contributed by atoms with E-state index in [0.29, 0.717) is 0 Å². The number of benzene rings is 1. The highest BCUT2D eigenvalue weighted by atomic mass is 35.5. The second-order valence-electron chi connectivity index (χ2n) is 7.05. The average molecular weight is 503 g/mol. The molecule has 2 atom stereocenters. The molecule has 1 aromatic heterocycles. The van der Waals surface area contributed by atoms with Crippen molar-refractivity contribution in [3.8, 4) is 11.8 Å². The third-order valence-corrected chi connectivity index (χ3v) is 4.82. The first kappa shape index (κ1) is 24.9. The molecule has 1 fully saturated rings. The predicted molar refractivity (Wildman–Crippen MR) is 98.9 cm³/mol. The lowest BCUT2D eigenvalue weighted by Gasteiger charge is -2.42. The summed E-state index contributed by atoms with van der Waals surface area (Å²) in [6, 6.07) is -3.91. The first-order chi connectivity index (χ1) is 15.4. The van der Waals surface area contributed by atoms with Crippen molar-refractivity contribution in [2.45, 2.75) is 50.5 Å². The fourth-order valence-electron chi connectivity index (χ4n) is 3.04. The molecule has 8 nitrogen and oxygen atoms in total. The molecule has 0 saturated carbocycles. The van der Waals surface area contributed by atoms with Crippen molar-refractivity contribution in [3.05, 3.63) is 34.9 Å². The van der Waals surface area contributed by atoms with Crippen LogP contribution in [0.25, 0.3) is 0 Å². The molecule has 1 saturated heterocycles. The number of hydrogen-bond acceptors (Lipinski definition) is 7. The van der Waals surface area contributed by atoms with Gasteiger partial charge in [0.2, 0.25) is 11.8 Å². The van der Waals surface area contributed by atoms with Gasteiger partial charge in [-0.3, -0.25) is 4.79 Å². The van der Waals surface area contributed by atoms with E-state index in [1.807, 2.05) is 0 Å². The maximum atomic E-state index is 15.3. The van der Waals surface area contributed by atoms with E-state index in [1.165, 1.54) is 0 Å². The van der Waals surface area contributed by atoms with Gasteiger partial charge in [0.1, 0.15) is 24.5 Å². The maximum Gasteiger partial charge on any atom is 0.414 e. The van der Waals surface area contributed by atoms with Gasteiger partial charge in [0.15, 0.2) is 5.75 Å². The normalized spacial score (nSPS) is 21.0. The van der Waals surface area contributed by atoms with Crippen LogP contribution in [0.2, 0.25) is 5.02 Å². The van der Waals surface area contributed by atoms with Crippen molar-refractivity contribution in [3.63, 3.8) is 0 Å². The van der Waals surface area contributed by atoms with Crippen molar-refractivity contribution in [1.29, 1.82) is 0 Å². The molecule has 33 heavy (non-hydrogen) atoms.